The minimum absolute atomic E-state index is 0.0484. The smallest absolute Gasteiger partial charge is 0.337 e. The maximum Gasteiger partial charge on any atom is 0.337 e. The number of nitrogens with one attached hydrogen (secondary N) is 1. The van der Waals surface area contributed by atoms with Crippen molar-refractivity contribution < 1.29 is 19.8 Å². The highest BCUT2D eigenvalue weighted by molar-refractivity contribution is 6.06. The molecule has 23 heavy (non-hydrogen) atoms. The largest absolute Gasteiger partial charge is 0.508 e. The first-order valence-electron chi connectivity index (χ1n) is 6.99. The summed E-state index contributed by atoms with van der Waals surface area (Å²) in [5.41, 5.74) is 2.57. The monoisotopic (exact) mass is 311 g/mol. The fraction of sp³-hybridized carbons (Fsp3) is 0.111. The first-order valence-corrected chi connectivity index (χ1v) is 6.99. The van der Waals surface area contributed by atoms with E-state index in [1.54, 1.807) is 50.3 Å². The van der Waals surface area contributed by atoms with Crippen molar-refractivity contribution in [1.29, 1.82) is 0 Å². The molecular formula is C18H17NO4. The van der Waals surface area contributed by atoms with E-state index < -0.39 is 11.9 Å². The lowest BCUT2D eigenvalue weighted by molar-refractivity contribution is -0.111. The van der Waals surface area contributed by atoms with Crippen LogP contribution in [0.5, 0.6) is 5.75 Å². The van der Waals surface area contributed by atoms with Gasteiger partial charge in [0.25, 0.3) is 0 Å². The van der Waals surface area contributed by atoms with Gasteiger partial charge >= 0.3 is 5.97 Å². The van der Waals surface area contributed by atoms with Crippen molar-refractivity contribution in [2.45, 2.75) is 13.8 Å². The number of aromatic hydroxyl groups is 1. The predicted molar refractivity (Wildman–Crippen MR) is 88.6 cm³/mol. The van der Waals surface area contributed by atoms with E-state index >= 15 is 0 Å². The summed E-state index contributed by atoms with van der Waals surface area (Å²) < 4.78 is 0. The fourth-order valence-corrected chi connectivity index (χ4v) is 2.07. The SMILES string of the molecule is Cc1ccc(NC(=O)/C=C/c2ccc(O)c(C)c2)c(C(=O)O)c1. The van der Waals surface area contributed by atoms with Crippen molar-refractivity contribution in [2.75, 3.05) is 5.32 Å². The summed E-state index contributed by atoms with van der Waals surface area (Å²) in [5, 5.41) is 21.2. The summed E-state index contributed by atoms with van der Waals surface area (Å²) in [5.74, 6) is -1.33. The lowest BCUT2D eigenvalue weighted by atomic mass is 10.1. The van der Waals surface area contributed by atoms with Gasteiger partial charge in [-0.1, -0.05) is 17.7 Å². The van der Waals surface area contributed by atoms with Gasteiger partial charge in [-0.05, 0) is 55.3 Å². The van der Waals surface area contributed by atoms with Crippen LogP contribution in [-0.2, 0) is 4.79 Å². The molecule has 0 radical (unpaired) electrons. The Balaban J connectivity index is 2.15. The van der Waals surface area contributed by atoms with E-state index in [4.69, 9.17) is 0 Å². The molecule has 1 amide bonds. The van der Waals surface area contributed by atoms with Gasteiger partial charge in [0.1, 0.15) is 5.75 Å². The van der Waals surface area contributed by atoms with Crippen LogP contribution >= 0.6 is 0 Å². The number of aryl methyl sites for hydroxylation is 2. The molecule has 0 aliphatic carbocycles. The third-order valence-corrected chi connectivity index (χ3v) is 3.31. The molecule has 118 valence electrons. The summed E-state index contributed by atoms with van der Waals surface area (Å²) in [6.07, 6.45) is 2.91. The average Bonchev–Trinajstić information content (AvgIpc) is 2.50. The van der Waals surface area contributed by atoms with Gasteiger partial charge in [0.2, 0.25) is 5.91 Å². The molecule has 0 fully saturated rings. The molecule has 0 aliphatic heterocycles. The Morgan fingerprint density at radius 2 is 1.83 bits per heavy atom. The van der Waals surface area contributed by atoms with Gasteiger partial charge in [0, 0.05) is 6.08 Å². The Bertz CT molecular complexity index is 794. The van der Waals surface area contributed by atoms with Crippen LogP contribution in [0.1, 0.15) is 27.0 Å². The van der Waals surface area contributed by atoms with E-state index in [1.165, 1.54) is 12.1 Å². The van der Waals surface area contributed by atoms with Crippen molar-refractivity contribution in [3.63, 3.8) is 0 Å². The van der Waals surface area contributed by atoms with Gasteiger partial charge in [-0.3, -0.25) is 4.79 Å². The van der Waals surface area contributed by atoms with Gasteiger partial charge in [-0.2, -0.15) is 0 Å². The highest BCUT2D eigenvalue weighted by atomic mass is 16.4. The van der Waals surface area contributed by atoms with Crippen molar-refractivity contribution in [3.05, 3.63) is 64.7 Å². The van der Waals surface area contributed by atoms with Gasteiger partial charge < -0.3 is 15.5 Å². The highest BCUT2D eigenvalue weighted by Gasteiger charge is 2.11. The van der Waals surface area contributed by atoms with E-state index in [0.29, 0.717) is 5.56 Å². The molecule has 0 saturated carbocycles. The lowest BCUT2D eigenvalue weighted by Crippen LogP contribution is -2.12. The summed E-state index contributed by atoms with van der Waals surface area (Å²) >= 11 is 0. The van der Waals surface area contributed by atoms with E-state index in [9.17, 15) is 19.8 Å². The third kappa shape index (κ3) is 4.20. The Kier molecular flexibility index (Phi) is 4.81. The van der Waals surface area contributed by atoms with Crippen molar-refractivity contribution >= 4 is 23.6 Å². The van der Waals surface area contributed by atoms with Crippen LogP contribution < -0.4 is 5.32 Å². The van der Waals surface area contributed by atoms with E-state index in [1.807, 2.05) is 0 Å². The van der Waals surface area contributed by atoms with Crippen molar-refractivity contribution in [2.24, 2.45) is 0 Å². The van der Waals surface area contributed by atoms with Gasteiger partial charge in [-0.15, -0.1) is 0 Å². The number of hydrogen-bond acceptors (Lipinski definition) is 3. The number of hydrogen-bond donors (Lipinski definition) is 3. The Morgan fingerprint density at radius 3 is 2.48 bits per heavy atom. The first kappa shape index (κ1) is 16.3. The normalized spacial score (nSPS) is 10.7. The van der Waals surface area contributed by atoms with E-state index in [2.05, 4.69) is 5.32 Å². The molecule has 0 spiro atoms. The van der Waals surface area contributed by atoms with Crippen molar-refractivity contribution in [1.82, 2.24) is 0 Å². The Morgan fingerprint density at radius 1 is 1.09 bits per heavy atom. The first-order chi connectivity index (χ1) is 10.9. The summed E-state index contributed by atoms with van der Waals surface area (Å²) in [6.45, 7) is 3.54. The number of carboxylic acid groups (broad SMARTS) is 1. The number of aromatic carboxylic acids is 1. The zero-order valence-corrected chi connectivity index (χ0v) is 12.8. The van der Waals surface area contributed by atoms with Crippen LogP contribution in [0.25, 0.3) is 6.08 Å². The highest BCUT2D eigenvalue weighted by Crippen LogP contribution is 2.19. The van der Waals surface area contributed by atoms with Crippen LogP contribution in [0.4, 0.5) is 5.69 Å². The second-order valence-corrected chi connectivity index (χ2v) is 5.22. The molecule has 0 atom stereocenters. The number of amides is 1. The minimum atomic E-state index is -1.10. The number of phenols is 1. The topological polar surface area (TPSA) is 86.6 Å². The number of phenolic OH excluding ortho intramolecular Hbond substituents is 1. The van der Waals surface area contributed by atoms with Gasteiger partial charge in [0.05, 0.1) is 11.3 Å². The number of carbonyl (C=O) groups is 2. The maximum atomic E-state index is 12.0. The minimum Gasteiger partial charge on any atom is -0.508 e. The van der Waals surface area contributed by atoms with Crippen LogP contribution in [0.3, 0.4) is 0 Å². The fourth-order valence-electron chi connectivity index (χ4n) is 2.07. The molecule has 5 nitrogen and oxygen atoms in total. The summed E-state index contributed by atoms with van der Waals surface area (Å²) in [6, 6.07) is 9.78. The van der Waals surface area contributed by atoms with Gasteiger partial charge in [-0.25, -0.2) is 4.79 Å². The van der Waals surface area contributed by atoms with Crippen LogP contribution in [0.15, 0.2) is 42.5 Å². The third-order valence-electron chi connectivity index (χ3n) is 3.31. The quantitative estimate of drug-likeness (QED) is 0.756. The molecule has 0 aliphatic rings. The molecule has 0 aromatic heterocycles. The molecule has 3 N–H and O–H groups in total. The molecule has 0 unspecified atom stereocenters. The summed E-state index contributed by atoms with van der Waals surface area (Å²) in [7, 11) is 0. The van der Waals surface area contributed by atoms with E-state index in [0.717, 1.165) is 11.1 Å². The zero-order chi connectivity index (χ0) is 17.0. The molecule has 0 saturated heterocycles. The summed E-state index contributed by atoms with van der Waals surface area (Å²) in [4.78, 5) is 23.2. The van der Waals surface area contributed by atoms with Crippen molar-refractivity contribution in [3.8, 4) is 5.75 Å². The zero-order valence-electron chi connectivity index (χ0n) is 12.8. The molecule has 5 heteroatoms. The van der Waals surface area contributed by atoms with E-state index in [-0.39, 0.29) is 17.0 Å². The second kappa shape index (κ2) is 6.79. The average molecular weight is 311 g/mol. The second-order valence-electron chi connectivity index (χ2n) is 5.22. The number of carboxylic acids is 1. The Hall–Kier alpha value is -3.08. The van der Waals surface area contributed by atoms with Crippen LogP contribution in [0.2, 0.25) is 0 Å². The molecule has 2 aromatic carbocycles. The Labute approximate surface area is 133 Å². The molecule has 2 rings (SSSR count). The van der Waals surface area contributed by atoms with Crippen LogP contribution in [-0.4, -0.2) is 22.1 Å². The maximum absolute atomic E-state index is 12.0. The van der Waals surface area contributed by atoms with Crippen LogP contribution in [0, 0.1) is 13.8 Å². The molecule has 2 aromatic rings. The molecule has 0 heterocycles. The predicted octanol–water partition coefficient (Wildman–Crippen LogP) is 3.36. The standard InChI is InChI=1S/C18H17NO4/c1-11-3-6-15(14(9-11)18(22)23)19-17(21)8-5-13-4-7-16(20)12(2)10-13/h3-10,20H,1-2H3,(H,19,21)(H,22,23)/b8-5+. The number of carbonyl (C=O) groups excluding carboxylic acids is 1. The van der Waals surface area contributed by atoms with Gasteiger partial charge in [0.15, 0.2) is 0 Å². The lowest BCUT2D eigenvalue weighted by Gasteiger charge is -2.07. The number of anilines is 1. The number of benzene rings is 2. The molecule has 0 bridgehead atoms. The molecular weight excluding hydrogens is 294 g/mol. The number of rotatable bonds is 4.